The van der Waals surface area contributed by atoms with Crippen molar-refractivity contribution in [3.63, 3.8) is 0 Å². The number of aromatic nitrogens is 2. The van der Waals surface area contributed by atoms with E-state index in [-0.39, 0.29) is 29.4 Å². The summed E-state index contributed by atoms with van der Waals surface area (Å²) in [5, 5.41) is 6.17. The normalized spacial score (nSPS) is 17.6. The average molecular weight is 392 g/mol. The van der Waals surface area contributed by atoms with Crippen molar-refractivity contribution < 1.29 is 6.17 Å². The number of nitrogens with two attached hydrogens (primary N) is 1. The Morgan fingerprint density at radius 1 is 1.59 bits per heavy atom. The lowest BCUT2D eigenvalue weighted by atomic mass is 9.92. The maximum atomic E-state index is 12.4. The van der Waals surface area contributed by atoms with Crippen molar-refractivity contribution in [3.05, 3.63) is 37.8 Å². The van der Waals surface area contributed by atoms with Gasteiger partial charge in [-0.25, -0.2) is 0 Å². The van der Waals surface area contributed by atoms with E-state index in [1.54, 1.807) is 6.07 Å². The lowest BCUT2D eigenvalue weighted by molar-refractivity contribution is 0.0942. The van der Waals surface area contributed by atoms with Crippen LogP contribution in [-0.2, 0) is 12.8 Å². The predicted molar refractivity (Wildman–Crippen MR) is 109 cm³/mol. The Balaban J connectivity index is 1.60. The molecule has 1 amide bonds. The molecule has 146 valence electrons. The van der Waals surface area contributed by atoms with Crippen molar-refractivity contribution >= 4 is 29.0 Å². The molecule has 2 atom stereocenters. The zero-order valence-electron chi connectivity index (χ0n) is 16.7. The Kier molecular flexibility index (Phi) is 5.72. The summed E-state index contributed by atoms with van der Waals surface area (Å²) in [5.41, 5.74) is 6.02. The minimum atomic E-state index is -0.197. The van der Waals surface area contributed by atoms with Crippen molar-refractivity contribution in [2.45, 2.75) is 52.0 Å². The van der Waals surface area contributed by atoms with Gasteiger partial charge in [-0.1, -0.05) is 13.3 Å². The molecule has 7 nitrogen and oxygen atoms in total. The summed E-state index contributed by atoms with van der Waals surface area (Å²) in [4.78, 5) is 32.6. The van der Waals surface area contributed by atoms with E-state index in [4.69, 9.17) is 7.10 Å². The number of carbonyl (C=O) groups excluding carboxylic acids is 1. The summed E-state index contributed by atoms with van der Waals surface area (Å²) < 4.78 is 8.18. The Morgan fingerprint density at radius 2 is 2.41 bits per heavy atom. The Labute approximate surface area is 164 Å². The van der Waals surface area contributed by atoms with E-state index in [1.165, 1.54) is 11.3 Å². The van der Waals surface area contributed by atoms with E-state index in [2.05, 4.69) is 27.5 Å². The summed E-state index contributed by atoms with van der Waals surface area (Å²) >= 11 is 1.39. The van der Waals surface area contributed by atoms with Crippen LogP contribution in [0.15, 0.2) is 16.9 Å². The van der Waals surface area contributed by atoms with Crippen LogP contribution in [0.2, 0.25) is 0 Å². The van der Waals surface area contributed by atoms with Gasteiger partial charge in [0.15, 0.2) is 0 Å². The standard InChI is InChI=1S/C19H27N5O2S/c1-3-4-11(2)22-18(26)15-8-7-13(27-15)6-5-12-9-14-16(21-10-12)23-19(20)24-17(14)25/h7-8,11-12H,3-6,9-10H2,1-2H3,(H,22,26)(H4,20,21,23,24,25)/t11-,12?/m1/s1/i7T. The van der Waals surface area contributed by atoms with E-state index in [1.807, 2.05) is 6.92 Å². The van der Waals surface area contributed by atoms with Crippen LogP contribution in [0.5, 0.6) is 0 Å². The second-order valence-electron chi connectivity index (χ2n) is 7.11. The highest BCUT2D eigenvalue weighted by Gasteiger charge is 2.22. The summed E-state index contributed by atoms with van der Waals surface area (Å²) in [6.45, 7) is 4.80. The average Bonchev–Trinajstić information content (AvgIpc) is 3.01. The first-order valence-electron chi connectivity index (χ1n) is 9.90. The second-order valence-corrected chi connectivity index (χ2v) is 8.25. The predicted octanol–water partition coefficient (Wildman–Crippen LogP) is 2.55. The van der Waals surface area contributed by atoms with Crippen LogP contribution in [0, 0.1) is 5.92 Å². The number of nitrogens with one attached hydrogen (secondary N) is 3. The molecule has 0 saturated heterocycles. The fourth-order valence-corrected chi connectivity index (χ4v) is 4.24. The molecule has 0 bridgehead atoms. The van der Waals surface area contributed by atoms with Gasteiger partial charge in [-0.3, -0.25) is 14.6 Å². The number of hydrogen-bond donors (Lipinski definition) is 4. The molecule has 0 fully saturated rings. The summed E-state index contributed by atoms with van der Waals surface area (Å²) in [6, 6.07) is 2.20. The van der Waals surface area contributed by atoms with E-state index in [9.17, 15) is 9.59 Å². The van der Waals surface area contributed by atoms with Crippen LogP contribution >= 0.6 is 11.3 Å². The largest absolute Gasteiger partial charge is 0.369 e. The molecular weight excluding hydrogens is 362 g/mol. The van der Waals surface area contributed by atoms with Gasteiger partial charge in [-0.05, 0) is 50.6 Å². The van der Waals surface area contributed by atoms with Crippen molar-refractivity contribution in [1.82, 2.24) is 15.3 Å². The Morgan fingerprint density at radius 3 is 3.19 bits per heavy atom. The van der Waals surface area contributed by atoms with Gasteiger partial charge < -0.3 is 16.4 Å². The Hall–Kier alpha value is -2.35. The number of hydrogen-bond acceptors (Lipinski definition) is 6. The number of carbonyl (C=O) groups is 1. The molecule has 2 aromatic heterocycles. The number of anilines is 2. The molecule has 0 radical (unpaired) electrons. The van der Waals surface area contributed by atoms with Crippen LogP contribution in [0.3, 0.4) is 0 Å². The number of amides is 1. The van der Waals surface area contributed by atoms with Gasteiger partial charge in [0.05, 0.1) is 11.8 Å². The number of nitrogens with zero attached hydrogens (tertiary/aromatic N) is 1. The minimum Gasteiger partial charge on any atom is -0.369 e. The first-order valence-corrected chi connectivity index (χ1v) is 10.2. The van der Waals surface area contributed by atoms with E-state index >= 15 is 0 Å². The fourth-order valence-electron chi connectivity index (χ4n) is 3.36. The lowest BCUT2D eigenvalue weighted by Gasteiger charge is -2.24. The van der Waals surface area contributed by atoms with Crippen LogP contribution in [0.25, 0.3) is 0 Å². The maximum Gasteiger partial charge on any atom is 0.261 e. The molecule has 3 heterocycles. The molecule has 1 aliphatic heterocycles. The molecule has 1 unspecified atom stereocenters. The van der Waals surface area contributed by atoms with Crippen molar-refractivity contribution in [2.75, 3.05) is 17.6 Å². The zero-order valence-corrected chi connectivity index (χ0v) is 16.5. The van der Waals surface area contributed by atoms with Gasteiger partial charge in [0.1, 0.15) is 5.82 Å². The highest BCUT2D eigenvalue weighted by Crippen LogP contribution is 2.25. The van der Waals surface area contributed by atoms with Crippen LogP contribution in [-0.4, -0.2) is 28.5 Å². The third kappa shape index (κ3) is 4.88. The van der Waals surface area contributed by atoms with Crippen LogP contribution in [0.4, 0.5) is 11.8 Å². The maximum absolute atomic E-state index is 12.4. The van der Waals surface area contributed by atoms with E-state index in [0.29, 0.717) is 41.7 Å². The minimum absolute atomic E-state index is 0.103. The van der Waals surface area contributed by atoms with Gasteiger partial charge in [0.25, 0.3) is 11.5 Å². The number of thiophene rings is 1. The van der Waals surface area contributed by atoms with Crippen LogP contribution in [0.1, 0.15) is 54.6 Å². The van der Waals surface area contributed by atoms with E-state index < -0.39 is 0 Å². The van der Waals surface area contributed by atoms with Crippen molar-refractivity contribution in [1.29, 1.82) is 0 Å². The number of aryl methyl sites for hydroxylation is 1. The number of fused-ring (bicyclic) bond motifs is 1. The summed E-state index contributed by atoms with van der Waals surface area (Å²) in [5.74, 6) is 0.845. The summed E-state index contributed by atoms with van der Waals surface area (Å²) in [6.07, 6.45) is 4.13. The zero-order chi connectivity index (χ0) is 20.3. The van der Waals surface area contributed by atoms with Gasteiger partial charge in [0.2, 0.25) is 5.95 Å². The van der Waals surface area contributed by atoms with Crippen molar-refractivity contribution in [3.8, 4) is 0 Å². The molecule has 1 aliphatic rings. The Bertz CT molecular complexity index is 910. The third-order valence-electron chi connectivity index (χ3n) is 4.78. The van der Waals surface area contributed by atoms with Gasteiger partial charge in [-0.2, -0.15) is 4.98 Å². The summed E-state index contributed by atoms with van der Waals surface area (Å²) in [7, 11) is 0. The molecule has 0 spiro atoms. The number of nitrogen functional groups attached to an aromatic ring is 1. The first-order chi connectivity index (χ1) is 13.4. The lowest BCUT2D eigenvalue weighted by Crippen LogP contribution is -2.31. The van der Waals surface area contributed by atoms with E-state index in [0.717, 1.165) is 24.1 Å². The van der Waals surface area contributed by atoms with Crippen molar-refractivity contribution in [2.24, 2.45) is 5.92 Å². The molecule has 2 aromatic rings. The molecule has 8 heteroatoms. The second kappa shape index (κ2) is 8.56. The number of rotatable bonds is 7. The highest BCUT2D eigenvalue weighted by atomic mass is 32.1. The topological polar surface area (TPSA) is 113 Å². The highest BCUT2D eigenvalue weighted by molar-refractivity contribution is 7.14. The molecular formula is C19H27N5O2S. The fraction of sp³-hybridized carbons (Fsp3) is 0.526. The molecule has 27 heavy (non-hydrogen) atoms. The van der Waals surface area contributed by atoms with Gasteiger partial charge >= 0.3 is 0 Å². The third-order valence-corrected chi connectivity index (χ3v) is 5.88. The molecule has 0 aromatic carbocycles. The first kappa shape index (κ1) is 18.0. The molecule has 0 aliphatic carbocycles. The smallest absolute Gasteiger partial charge is 0.261 e. The molecule has 5 N–H and O–H groups in total. The monoisotopic (exact) mass is 391 g/mol. The molecule has 3 rings (SSSR count). The van der Waals surface area contributed by atoms with Gasteiger partial charge in [0, 0.05) is 17.5 Å². The van der Waals surface area contributed by atoms with Gasteiger partial charge in [-0.15, -0.1) is 11.3 Å². The number of aromatic amines is 1. The SMILES string of the molecule is [3H]c1cc(C(=O)N[C@H](C)CCC)sc1CCC1CNc2nc(N)[nH]c(=O)c2C1. The molecule has 0 saturated carbocycles. The number of H-pyrrole nitrogens is 1. The van der Waals surface area contributed by atoms with Crippen LogP contribution < -0.4 is 21.9 Å². The quantitative estimate of drug-likeness (QED) is 0.579.